The smallest absolute Gasteiger partial charge is 0.310 e. The van der Waals surface area contributed by atoms with E-state index < -0.39 is 0 Å². The van der Waals surface area contributed by atoms with E-state index in [9.17, 15) is 4.79 Å². The Balaban J connectivity index is 1.39. The first-order valence-electron chi connectivity index (χ1n) is 9.64. The van der Waals surface area contributed by atoms with Crippen molar-refractivity contribution in [3.8, 4) is 0 Å². The van der Waals surface area contributed by atoms with E-state index in [-0.39, 0.29) is 23.4 Å². The number of rotatable bonds is 5. The number of nitrogens with zero attached hydrogens (tertiary/aromatic N) is 1. The van der Waals surface area contributed by atoms with E-state index in [4.69, 9.17) is 4.74 Å². The third kappa shape index (κ3) is 3.14. The molecule has 2 aliphatic carbocycles. The van der Waals surface area contributed by atoms with Crippen LogP contribution < -0.4 is 5.32 Å². The van der Waals surface area contributed by atoms with Crippen molar-refractivity contribution in [2.75, 3.05) is 13.1 Å². The Bertz CT molecular complexity index is 666. The molecule has 0 radical (unpaired) electrons. The number of H-pyrrole nitrogens is 1. The summed E-state index contributed by atoms with van der Waals surface area (Å²) in [6.07, 6.45) is 10.4. The van der Waals surface area contributed by atoms with E-state index in [1.54, 1.807) is 17.5 Å². The Morgan fingerprint density at radius 3 is 3.16 bits per heavy atom. The molecule has 0 aromatic carbocycles. The maximum absolute atomic E-state index is 12.5. The fraction of sp³-hybridized carbons (Fsp3) is 0.700. The number of hydrogen-bond acceptors (Lipinski definition) is 4. The highest BCUT2D eigenvalue weighted by atomic mass is 16.6. The molecule has 1 aromatic rings. The van der Waals surface area contributed by atoms with Crippen molar-refractivity contribution in [1.82, 2.24) is 15.3 Å². The lowest BCUT2D eigenvalue weighted by Gasteiger charge is -2.45. The van der Waals surface area contributed by atoms with Crippen LogP contribution in [0.25, 0.3) is 0 Å². The molecule has 2 heterocycles. The van der Waals surface area contributed by atoms with Crippen molar-refractivity contribution in [3.05, 3.63) is 29.4 Å². The van der Waals surface area contributed by atoms with E-state index in [0.29, 0.717) is 5.92 Å². The molecule has 0 bridgehead atoms. The van der Waals surface area contributed by atoms with Crippen LogP contribution in [-0.4, -0.2) is 35.1 Å². The minimum atomic E-state index is -0.00135. The summed E-state index contributed by atoms with van der Waals surface area (Å²) in [6, 6.07) is 0. The zero-order chi connectivity index (χ0) is 17.4. The van der Waals surface area contributed by atoms with Crippen LogP contribution in [0.3, 0.4) is 0 Å². The highest BCUT2D eigenvalue weighted by Gasteiger charge is 2.52. The van der Waals surface area contributed by atoms with Gasteiger partial charge < -0.3 is 15.0 Å². The summed E-state index contributed by atoms with van der Waals surface area (Å²) in [5.41, 5.74) is 4.57. The second-order valence-corrected chi connectivity index (χ2v) is 8.36. The minimum absolute atomic E-state index is 0.00135. The number of aromatic nitrogens is 2. The second kappa shape index (κ2) is 6.60. The highest BCUT2D eigenvalue weighted by molar-refractivity contribution is 5.76. The van der Waals surface area contributed by atoms with E-state index in [1.165, 1.54) is 19.3 Å². The predicted octanol–water partition coefficient (Wildman–Crippen LogP) is 3.00. The van der Waals surface area contributed by atoms with Gasteiger partial charge in [-0.05, 0) is 44.4 Å². The average molecular weight is 343 g/mol. The van der Waals surface area contributed by atoms with Crippen LogP contribution in [0, 0.1) is 17.3 Å². The van der Waals surface area contributed by atoms with E-state index >= 15 is 0 Å². The molecular formula is C20H29N3O2. The van der Waals surface area contributed by atoms with Gasteiger partial charge in [-0.25, -0.2) is 4.98 Å². The molecule has 25 heavy (non-hydrogen) atoms. The van der Waals surface area contributed by atoms with Gasteiger partial charge in [-0.2, -0.15) is 0 Å². The number of aromatic amines is 1. The number of ether oxygens (including phenoxy) is 1. The minimum Gasteiger partial charge on any atom is -0.462 e. The molecule has 1 saturated carbocycles. The number of allylic oxidation sites excluding steroid dienone is 2. The molecule has 3 aliphatic rings. The summed E-state index contributed by atoms with van der Waals surface area (Å²) in [4.78, 5) is 19.6. The van der Waals surface area contributed by atoms with Crippen molar-refractivity contribution in [2.45, 2.75) is 58.5 Å². The van der Waals surface area contributed by atoms with Crippen LogP contribution in [0.2, 0.25) is 0 Å². The third-order valence-corrected chi connectivity index (χ3v) is 6.67. The quantitative estimate of drug-likeness (QED) is 0.490. The first-order valence-corrected chi connectivity index (χ1v) is 9.64. The SMILES string of the molecule is CC1=C2CC3C(CC2(C)CCC1)OC(=O)C3CNCCc1cnc[nH]1. The van der Waals surface area contributed by atoms with E-state index in [2.05, 4.69) is 29.1 Å². The summed E-state index contributed by atoms with van der Waals surface area (Å²) in [7, 11) is 0. The van der Waals surface area contributed by atoms with E-state index in [1.807, 2.05) is 6.20 Å². The van der Waals surface area contributed by atoms with Gasteiger partial charge in [-0.3, -0.25) is 4.79 Å². The van der Waals surface area contributed by atoms with Gasteiger partial charge in [0.15, 0.2) is 0 Å². The lowest BCUT2D eigenvalue weighted by Crippen LogP contribution is -2.40. The van der Waals surface area contributed by atoms with Crippen LogP contribution in [0.4, 0.5) is 0 Å². The summed E-state index contributed by atoms with van der Waals surface area (Å²) in [5, 5.41) is 3.46. The number of nitrogens with one attached hydrogen (secondary N) is 2. The Hall–Kier alpha value is -1.62. The summed E-state index contributed by atoms with van der Waals surface area (Å²) >= 11 is 0. The number of fused-ring (bicyclic) bond motifs is 2. The fourth-order valence-corrected chi connectivity index (χ4v) is 5.25. The van der Waals surface area contributed by atoms with Gasteiger partial charge >= 0.3 is 5.97 Å². The largest absolute Gasteiger partial charge is 0.462 e. The average Bonchev–Trinajstić information content (AvgIpc) is 3.17. The zero-order valence-corrected chi connectivity index (χ0v) is 15.3. The van der Waals surface area contributed by atoms with Gasteiger partial charge in [0.05, 0.1) is 12.2 Å². The molecule has 1 aliphatic heterocycles. The first kappa shape index (κ1) is 16.8. The molecule has 2 N–H and O–H groups in total. The number of hydrogen-bond donors (Lipinski definition) is 2. The maximum Gasteiger partial charge on any atom is 0.310 e. The van der Waals surface area contributed by atoms with E-state index in [0.717, 1.165) is 38.0 Å². The lowest BCUT2D eigenvalue weighted by atomic mass is 9.59. The molecule has 4 rings (SSSR count). The van der Waals surface area contributed by atoms with Crippen molar-refractivity contribution < 1.29 is 9.53 Å². The van der Waals surface area contributed by atoms with Crippen molar-refractivity contribution >= 4 is 5.97 Å². The molecule has 0 spiro atoms. The Morgan fingerprint density at radius 1 is 1.48 bits per heavy atom. The van der Waals surface area contributed by atoms with Gasteiger partial charge in [-0.1, -0.05) is 18.1 Å². The van der Waals surface area contributed by atoms with Crippen LogP contribution >= 0.6 is 0 Å². The first-order chi connectivity index (χ1) is 12.1. The second-order valence-electron chi connectivity index (χ2n) is 8.36. The van der Waals surface area contributed by atoms with Crippen molar-refractivity contribution in [2.24, 2.45) is 17.3 Å². The Labute approximate surface area is 149 Å². The Kier molecular flexibility index (Phi) is 4.44. The topological polar surface area (TPSA) is 67.0 Å². The van der Waals surface area contributed by atoms with Crippen LogP contribution in [-0.2, 0) is 16.0 Å². The number of imidazole rings is 1. The lowest BCUT2D eigenvalue weighted by molar-refractivity contribution is -0.145. The number of carbonyl (C=O) groups excluding carboxylic acids is 1. The molecule has 136 valence electrons. The van der Waals surface area contributed by atoms with Gasteiger partial charge in [-0.15, -0.1) is 0 Å². The molecular weight excluding hydrogens is 314 g/mol. The molecule has 2 fully saturated rings. The number of esters is 1. The van der Waals surface area contributed by atoms with Gasteiger partial charge in [0.25, 0.3) is 0 Å². The third-order valence-electron chi connectivity index (χ3n) is 6.67. The molecule has 5 heteroatoms. The summed E-state index contributed by atoms with van der Waals surface area (Å²) in [6.45, 7) is 6.24. The molecule has 1 saturated heterocycles. The van der Waals surface area contributed by atoms with Gasteiger partial charge in [0, 0.05) is 37.3 Å². The van der Waals surface area contributed by atoms with Crippen LogP contribution in [0.1, 0.15) is 51.6 Å². The predicted molar refractivity (Wildman–Crippen MR) is 95.9 cm³/mol. The Morgan fingerprint density at radius 2 is 2.36 bits per heavy atom. The standard InChI is InChI=1S/C20H29N3O2/c1-13-4-3-6-20(2)9-18-15(8-17(13)20)16(19(24)25-18)11-21-7-5-14-10-22-12-23-14/h10,12,15-16,18,21H,3-9,11H2,1-2H3,(H,22,23). The molecule has 0 amide bonds. The zero-order valence-electron chi connectivity index (χ0n) is 15.3. The monoisotopic (exact) mass is 343 g/mol. The van der Waals surface area contributed by atoms with Crippen LogP contribution in [0.5, 0.6) is 0 Å². The summed E-state index contributed by atoms with van der Waals surface area (Å²) < 4.78 is 5.81. The van der Waals surface area contributed by atoms with Crippen LogP contribution in [0.15, 0.2) is 23.7 Å². The van der Waals surface area contributed by atoms with Crippen molar-refractivity contribution in [1.29, 1.82) is 0 Å². The maximum atomic E-state index is 12.5. The molecule has 1 aromatic heterocycles. The molecule has 4 unspecified atom stereocenters. The normalized spacial score (nSPS) is 34.6. The molecule has 4 atom stereocenters. The van der Waals surface area contributed by atoms with Crippen molar-refractivity contribution in [3.63, 3.8) is 0 Å². The number of carbonyl (C=O) groups is 1. The fourth-order valence-electron chi connectivity index (χ4n) is 5.25. The summed E-state index contributed by atoms with van der Waals surface area (Å²) in [5.74, 6) is 0.353. The van der Waals surface area contributed by atoms with Gasteiger partial charge in [0.2, 0.25) is 0 Å². The molecule has 5 nitrogen and oxygen atoms in total. The van der Waals surface area contributed by atoms with Gasteiger partial charge in [0.1, 0.15) is 6.10 Å². The highest BCUT2D eigenvalue weighted by Crippen LogP contribution is 2.54.